The zero-order valence-corrected chi connectivity index (χ0v) is 18.9. The lowest BCUT2D eigenvalue weighted by Gasteiger charge is -2.34. The number of ether oxygens (including phenoxy) is 3. The summed E-state index contributed by atoms with van der Waals surface area (Å²) in [7, 11) is 4.64. The molecular weight excluding hydrogens is 408 g/mol. The Morgan fingerprint density at radius 1 is 0.969 bits per heavy atom. The fourth-order valence-electron chi connectivity index (χ4n) is 3.75. The quantitative estimate of drug-likeness (QED) is 0.644. The van der Waals surface area contributed by atoms with E-state index in [1.54, 1.807) is 33.5 Å². The van der Waals surface area contributed by atoms with Crippen LogP contribution in [-0.2, 0) is 11.3 Å². The summed E-state index contributed by atoms with van der Waals surface area (Å²) in [4.78, 5) is 17.2. The van der Waals surface area contributed by atoms with Gasteiger partial charge in [0.25, 0.3) is 0 Å². The molecule has 1 aliphatic rings. The van der Waals surface area contributed by atoms with Crippen LogP contribution >= 0.6 is 0 Å². The molecule has 0 aliphatic carbocycles. The lowest BCUT2D eigenvalue weighted by molar-refractivity contribution is -0.116. The van der Waals surface area contributed by atoms with Gasteiger partial charge >= 0.3 is 0 Å². The third-order valence-electron chi connectivity index (χ3n) is 5.56. The molecule has 8 heteroatoms. The van der Waals surface area contributed by atoms with Crippen molar-refractivity contribution in [1.82, 2.24) is 9.80 Å². The number of carbonyl (C=O) groups is 1. The largest absolute Gasteiger partial charge is 0.493 e. The smallest absolute Gasteiger partial charge is 0.225 e. The number of hydrogen-bond donors (Lipinski definition) is 1. The minimum absolute atomic E-state index is 0.0562. The number of amides is 1. The van der Waals surface area contributed by atoms with Crippen molar-refractivity contribution in [1.29, 1.82) is 5.26 Å². The standard InChI is InChI=1S/C24H30N4O4/c1-30-21-14-20(15-22(31-2)24(21)32-3)26-23(29)8-9-27-10-12-28(13-11-27)17-19-6-4-18(16-25)5-7-19/h4-7,14-15H,8-13,17H2,1-3H3,(H,26,29). The minimum atomic E-state index is -0.0562. The van der Waals surface area contributed by atoms with Crippen LogP contribution in [0.1, 0.15) is 17.5 Å². The number of nitrogens with one attached hydrogen (secondary N) is 1. The van der Waals surface area contributed by atoms with Crippen LogP contribution in [0.15, 0.2) is 36.4 Å². The average molecular weight is 439 g/mol. The van der Waals surface area contributed by atoms with E-state index in [9.17, 15) is 4.79 Å². The first kappa shape index (κ1) is 23.4. The average Bonchev–Trinajstić information content (AvgIpc) is 2.83. The summed E-state index contributed by atoms with van der Waals surface area (Å²) in [5.74, 6) is 1.44. The first-order valence-corrected chi connectivity index (χ1v) is 10.6. The summed E-state index contributed by atoms with van der Waals surface area (Å²) >= 11 is 0. The van der Waals surface area contributed by atoms with Crippen LogP contribution in [0.3, 0.4) is 0 Å². The molecule has 2 aromatic carbocycles. The van der Waals surface area contributed by atoms with Crippen molar-refractivity contribution in [2.75, 3.05) is 59.4 Å². The molecule has 0 spiro atoms. The topological polar surface area (TPSA) is 87.1 Å². The van der Waals surface area contributed by atoms with Crippen molar-refractivity contribution in [3.05, 3.63) is 47.5 Å². The Morgan fingerprint density at radius 3 is 2.09 bits per heavy atom. The molecule has 8 nitrogen and oxygen atoms in total. The van der Waals surface area contributed by atoms with Crippen LogP contribution < -0.4 is 19.5 Å². The van der Waals surface area contributed by atoms with Crippen LogP contribution in [0.4, 0.5) is 5.69 Å². The maximum Gasteiger partial charge on any atom is 0.225 e. The van der Waals surface area contributed by atoms with E-state index < -0.39 is 0 Å². The van der Waals surface area contributed by atoms with Gasteiger partial charge in [0.15, 0.2) is 11.5 Å². The maximum absolute atomic E-state index is 12.5. The Labute approximate surface area is 189 Å². The summed E-state index contributed by atoms with van der Waals surface area (Å²) in [6, 6.07) is 13.3. The summed E-state index contributed by atoms with van der Waals surface area (Å²) in [6.45, 7) is 5.34. The summed E-state index contributed by atoms with van der Waals surface area (Å²) in [5.41, 5.74) is 2.50. The summed E-state index contributed by atoms with van der Waals surface area (Å²) in [6.07, 6.45) is 0.409. The van der Waals surface area contributed by atoms with Gasteiger partial charge in [-0.15, -0.1) is 0 Å². The molecule has 0 aromatic heterocycles. The molecule has 1 heterocycles. The molecule has 2 aromatic rings. The van der Waals surface area contributed by atoms with E-state index in [0.29, 0.717) is 41.5 Å². The molecule has 0 unspecified atom stereocenters. The van der Waals surface area contributed by atoms with Gasteiger partial charge in [0.1, 0.15) is 0 Å². The van der Waals surface area contributed by atoms with Gasteiger partial charge in [0.2, 0.25) is 11.7 Å². The van der Waals surface area contributed by atoms with Crippen molar-refractivity contribution in [3.8, 4) is 23.3 Å². The van der Waals surface area contributed by atoms with Crippen LogP contribution in [0, 0.1) is 11.3 Å². The van der Waals surface area contributed by atoms with E-state index in [1.165, 1.54) is 5.56 Å². The van der Waals surface area contributed by atoms with E-state index in [4.69, 9.17) is 19.5 Å². The highest BCUT2D eigenvalue weighted by atomic mass is 16.5. The molecule has 32 heavy (non-hydrogen) atoms. The van der Waals surface area contributed by atoms with Gasteiger partial charge in [-0.2, -0.15) is 5.26 Å². The fraction of sp³-hybridized carbons (Fsp3) is 0.417. The molecular formula is C24H30N4O4. The van der Waals surface area contributed by atoms with Gasteiger partial charge < -0.3 is 24.4 Å². The highest BCUT2D eigenvalue weighted by Gasteiger charge is 2.18. The van der Waals surface area contributed by atoms with Crippen molar-refractivity contribution in [2.45, 2.75) is 13.0 Å². The fourth-order valence-corrected chi connectivity index (χ4v) is 3.75. The molecule has 1 amide bonds. The highest BCUT2D eigenvalue weighted by Crippen LogP contribution is 2.39. The summed E-state index contributed by atoms with van der Waals surface area (Å²) in [5, 5.41) is 11.8. The van der Waals surface area contributed by atoms with Crippen LogP contribution in [0.5, 0.6) is 17.2 Å². The second-order valence-corrected chi connectivity index (χ2v) is 7.64. The molecule has 0 atom stereocenters. The normalized spacial score (nSPS) is 14.4. The summed E-state index contributed by atoms with van der Waals surface area (Å²) < 4.78 is 16.0. The number of carbonyl (C=O) groups excluding carboxylic acids is 1. The van der Waals surface area contributed by atoms with Gasteiger partial charge in [-0.05, 0) is 17.7 Å². The molecule has 0 radical (unpaired) electrons. The van der Waals surface area contributed by atoms with Gasteiger partial charge in [-0.3, -0.25) is 9.69 Å². The zero-order valence-electron chi connectivity index (χ0n) is 18.9. The number of anilines is 1. The Bertz CT molecular complexity index is 922. The molecule has 1 fully saturated rings. The Morgan fingerprint density at radius 2 is 1.56 bits per heavy atom. The predicted octanol–water partition coefficient (Wildman–Crippen LogP) is 2.73. The third kappa shape index (κ3) is 6.13. The van der Waals surface area contributed by atoms with Crippen molar-refractivity contribution in [2.24, 2.45) is 0 Å². The van der Waals surface area contributed by atoms with E-state index in [2.05, 4.69) is 21.2 Å². The van der Waals surface area contributed by atoms with E-state index in [0.717, 1.165) is 32.7 Å². The first-order chi connectivity index (χ1) is 15.6. The lowest BCUT2D eigenvalue weighted by Crippen LogP contribution is -2.46. The number of piperazine rings is 1. The number of nitrogens with zero attached hydrogens (tertiary/aromatic N) is 3. The lowest BCUT2D eigenvalue weighted by atomic mass is 10.1. The molecule has 1 aliphatic heterocycles. The van der Waals surface area contributed by atoms with Gasteiger partial charge in [0, 0.05) is 63.5 Å². The van der Waals surface area contributed by atoms with Gasteiger partial charge in [-0.25, -0.2) is 0 Å². The SMILES string of the molecule is COc1cc(NC(=O)CCN2CCN(Cc3ccc(C#N)cc3)CC2)cc(OC)c1OC. The van der Waals surface area contributed by atoms with Crippen molar-refractivity contribution in [3.63, 3.8) is 0 Å². The van der Waals surface area contributed by atoms with E-state index in [-0.39, 0.29) is 5.91 Å². The van der Waals surface area contributed by atoms with Crippen molar-refractivity contribution >= 4 is 11.6 Å². The number of benzene rings is 2. The molecule has 3 rings (SSSR count). The van der Waals surface area contributed by atoms with Crippen LogP contribution in [-0.4, -0.2) is 69.8 Å². The minimum Gasteiger partial charge on any atom is -0.493 e. The molecule has 0 bridgehead atoms. The maximum atomic E-state index is 12.5. The first-order valence-electron chi connectivity index (χ1n) is 10.6. The number of methoxy groups -OCH3 is 3. The number of hydrogen-bond acceptors (Lipinski definition) is 7. The van der Waals surface area contributed by atoms with E-state index in [1.807, 2.05) is 24.3 Å². The Hall–Kier alpha value is -3.28. The van der Waals surface area contributed by atoms with Gasteiger partial charge in [0.05, 0.1) is 33.0 Å². The number of nitriles is 1. The van der Waals surface area contributed by atoms with Crippen molar-refractivity contribution < 1.29 is 19.0 Å². The Balaban J connectivity index is 1.44. The third-order valence-corrected chi connectivity index (χ3v) is 5.56. The zero-order chi connectivity index (χ0) is 22.9. The second-order valence-electron chi connectivity index (χ2n) is 7.64. The van der Waals surface area contributed by atoms with Crippen LogP contribution in [0.25, 0.3) is 0 Å². The second kappa shape index (κ2) is 11.4. The molecule has 170 valence electrons. The van der Waals surface area contributed by atoms with E-state index >= 15 is 0 Å². The highest BCUT2D eigenvalue weighted by molar-refractivity contribution is 5.91. The monoisotopic (exact) mass is 438 g/mol. The Kier molecular flexibility index (Phi) is 8.31. The molecule has 1 N–H and O–H groups in total. The number of rotatable bonds is 9. The molecule has 0 saturated carbocycles. The van der Waals surface area contributed by atoms with Crippen LogP contribution in [0.2, 0.25) is 0 Å². The van der Waals surface area contributed by atoms with Gasteiger partial charge in [-0.1, -0.05) is 12.1 Å². The predicted molar refractivity (Wildman–Crippen MR) is 122 cm³/mol. The molecule has 1 saturated heterocycles.